The minimum absolute atomic E-state index is 0.00891. The Morgan fingerprint density at radius 3 is 1.17 bits per heavy atom. The van der Waals surface area contributed by atoms with Crippen LogP contribution in [0.3, 0.4) is 0 Å². The fourth-order valence-electron chi connectivity index (χ4n) is 6.07. The van der Waals surface area contributed by atoms with Crippen molar-refractivity contribution in [1.29, 1.82) is 0 Å². The van der Waals surface area contributed by atoms with Crippen molar-refractivity contribution in [3.8, 4) is 0 Å². The highest BCUT2D eigenvalue weighted by molar-refractivity contribution is 5.70. The minimum atomic E-state index is -0.608. The van der Waals surface area contributed by atoms with Crippen LogP contribution in [-0.4, -0.2) is 72.6 Å². The molecule has 2 N–H and O–H groups in total. The molecule has 0 aromatic heterocycles. The van der Waals surface area contributed by atoms with Crippen LogP contribution in [0.5, 0.6) is 0 Å². The predicted octanol–water partition coefficient (Wildman–Crippen LogP) is 9.69. The summed E-state index contributed by atoms with van der Waals surface area (Å²) < 4.78 is 11.3. The molecule has 0 fully saturated rings. The lowest BCUT2D eigenvalue weighted by Crippen LogP contribution is -2.41. The average molecular weight is 656 g/mol. The summed E-state index contributed by atoms with van der Waals surface area (Å²) in [4.78, 5) is 26.9. The summed E-state index contributed by atoms with van der Waals surface area (Å²) >= 11 is 0. The Morgan fingerprint density at radius 1 is 0.500 bits per heavy atom. The molecule has 0 radical (unpaired) electrons. The molecule has 0 saturated carbocycles. The van der Waals surface area contributed by atoms with Crippen molar-refractivity contribution < 1.29 is 29.3 Å². The molecule has 1 unspecified atom stereocenters. The number of carbonyl (C=O) groups is 2. The third kappa shape index (κ3) is 32.7. The van der Waals surface area contributed by atoms with E-state index in [4.69, 9.17) is 9.47 Å². The van der Waals surface area contributed by atoms with Crippen LogP contribution in [0.1, 0.15) is 194 Å². The molecule has 0 saturated heterocycles. The summed E-state index contributed by atoms with van der Waals surface area (Å²) in [5.74, 6) is -0.523. The van der Waals surface area contributed by atoms with Crippen molar-refractivity contribution in [3.63, 3.8) is 0 Å². The van der Waals surface area contributed by atoms with Gasteiger partial charge in [0.15, 0.2) is 0 Å². The Morgan fingerprint density at radius 2 is 0.826 bits per heavy atom. The number of aliphatic hydroxyl groups excluding tert-OH is 2. The van der Waals surface area contributed by atoms with Gasteiger partial charge in [-0.1, -0.05) is 168 Å². The largest absolute Gasteiger partial charge is 0.462 e. The zero-order chi connectivity index (χ0) is 33.8. The van der Waals surface area contributed by atoms with Gasteiger partial charge in [0.1, 0.15) is 12.7 Å². The van der Waals surface area contributed by atoms with Gasteiger partial charge in [0, 0.05) is 32.5 Å². The summed E-state index contributed by atoms with van der Waals surface area (Å²) in [7, 11) is 0. The standard InChI is InChI=1S/C39H77NO6/c1-3-5-7-9-11-13-15-17-19-21-23-25-27-29-38(43)45-36-37(35-40(31-33-41)32-34-42)46-39(44)30-28-26-24-22-20-18-16-14-12-10-8-6-4-2/h37,41-42H,3-36H2,1-2H3. The second kappa shape index (κ2) is 36.7. The van der Waals surface area contributed by atoms with Crippen LogP contribution in [0.4, 0.5) is 0 Å². The zero-order valence-corrected chi connectivity index (χ0v) is 30.6. The molecule has 0 aromatic rings. The second-order valence-corrected chi connectivity index (χ2v) is 13.5. The van der Waals surface area contributed by atoms with Gasteiger partial charge in [-0.3, -0.25) is 14.5 Å². The van der Waals surface area contributed by atoms with Crippen molar-refractivity contribution in [2.75, 3.05) is 39.5 Å². The van der Waals surface area contributed by atoms with Crippen molar-refractivity contribution in [2.45, 2.75) is 200 Å². The monoisotopic (exact) mass is 656 g/mol. The number of nitrogens with zero attached hydrogens (tertiary/aromatic N) is 1. The molecule has 0 aromatic carbocycles. The summed E-state index contributed by atoms with van der Waals surface area (Å²) in [5.41, 5.74) is 0. The molecule has 7 nitrogen and oxygen atoms in total. The molecule has 0 aliphatic heterocycles. The van der Waals surface area contributed by atoms with Crippen LogP contribution in [0.25, 0.3) is 0 Å². The lowest BCUT2D eigenvalue weighted by Gasteiger charge is -2.26. The molecule has 274 valence electrons. The van der Waals surface area contributed by atoms with Crippen molar-refractivity contribution in [2.24, 2.45) is 0 Å². The number of hydrogen-bond donors (Lipinski definition) is 2. The van der Waals surface area contributed by atoms with Gasteiger partial charge in [0.2, 0.25) is 0 Å². The highest BCUT2D eigenvalue weighted by Crippen LogP contribution is 2.15. The summed E-state index contributed by atoms with van der Waals surface area (Å²) in [6.07, 6.45) is 32.8. The maximum Gasteiger partial charge on any atom is 0.306 e. The van der Waals surface area contributed by atoms with Gasteiger partial charge in [-0.15, -0.1) is 0 Å². The quantitative estimate of drug-likeness (QED) is 0.0508. The van der Waals surface area contributed by atoms with E-state index in [1.165, 1.54) is 128 Å². The molecule has 0 aliphatic carbocycles. The number of aliphatic hydroxyl groups is 2. The molecule has 0 heterocycles. The van der Waals surface area contributed by atoms with Gasteiger partial charge in [-0.25, -0.2) is 0 Å². The smallest absolute Gasteiger partial charge is 0.306 e. The van der Waals surface area contributed by atoms with Crippen molar-refractivity contribution in [1.82, 2.24) is 4.90 Å². The van der Waals surface area contributed by atoms with E-state index < -0.39 is 6.10 Å². The number of rotatable bonds is 37. The fourth-order valence-corrected chi connectivity index (χ4v) is 6.07. The summed E-state index contributed by atoms with van der Waals surface area (Å²) in [6, 6.07) is 0. The molecular formula is C39H77NO6. The first-order valence-corrected chi connectivity index (χ1v) is 19.9. The average Bonchev–Trinajstić information content (AvgIpc) is 3.04. The van der Waals surface area contributed by atoms with Crippen LogP contribution in [0.15, 0.2) is 0 Å². The molecule has 0 amide bonds. The molecule has 0 rings (SSSR count). The van der Waals surface area contributed by atoms with Gasteiger partial charge < -0.3 is 19.7 Å². The molecule has 46 heavy (non-hydrogen) atoms. The second-order valence-electron chi connectivity index (χ2n) is 13.5. The minimum Gasteiger partial charge on any atom is -0.462 e. The zero-order valence-electron chi connectivity index (χ0n) is 30.6. The number of unbranched alkanes of at least 4 members (excludes halogenated alkanes) is 24. The van der Waals surface area contributed by atoms with Gasteiger partial charge in [0.05, 0.1) is 13.2 Å². The Balaban J connectivity index is 4.13. The first-order valence-electron chi connectivity index (χ1n) is 19.9. The SMILES string of the molecule is CCCCCCCCCCCCCCCC(=O)OCC(CN(CCO)CCO)OC(=O)CCCCCCCCCCCCCCC. The van der Waals surface area contributed by atoms with Gasteiger partial charge in [-0.2, -0.15) is 0 Å². The first-order chi connectivity index (χ1) is 22.6. The van der Waals surface area contributed by atoms with Crippen molar-refractivity contribution in [3.05, 3.63) is 0 Å². The van der Waals surface area contributed by atoms with Gasteiger partial charge in [-0.05, 0) is 12.8 Å². The highest BCUT2D eigenvalue weighted by atomic mass is 16.6. The molecule has 7 heteroatoms. The van der Waals surface area contributed by atoms with E-state index in [1.54, 1.807) is 0 Å². The van der Waals surface area contributed by atoms with E-state index >= 15 is 0 Å². The highest BCUT2D eigenvalue weighted by Gasteiger charge is 2.20. The molecule has 0 bridgehead atoms. The van der Waals surface area contributed by atoms with E-state index in [9.17, 15) is 19.8 Å². The lowest BCUT2D eigenvalue weighted by atomic mass is 10.0. The fraction of sp³-hybridized carbons (Fsp3) is 0.949. The normalized spacial score (nSPS) is 12.1. The van der Waals surface area contributed by atoms with Crippen LogP contribution >= 0.6 is 0 Å². The van der Waals surface area contributed by atoms with E-state index in [-0.39, 0.29) is 31.8 Å². The van der Waals surface area contributed by atoms with Crippen LogP contribution in [-0.2, 0) is 19.1 Å². The third-order valence-electron chi connectivity index (χ3n) is 8.99. The van der Waals surface area contributed by atoms with Gasteiger partial charge >= 0.3 is 11.9 Å². The van der Waals surface area contributed by atoms with Crippen LogP contribution < -0.4 is 0 Å². The lowest BCUT2D eigenvalue weighted by molar-refractivity contribution is -0.160. The molecule has 0 spiro atoms. The van der Waals surface area contributed by atoms with E-state index in [1.807, 2.05) is 4.90 Å². The topological polar surface area (TPSA) is 96.3 Å². The Hall–Kier alpha value is -1.18. The number of esters is 2. The number of hydrogen-bond acceptors (Lipinski definition) is 7. The maximum absolute atomic E-state index is 12.6. The number of carbonyl (C=O) groups excluding carboxylic acids is 2. The Kier molecular flexibility index (Phi) is 35.7. The Bertz CT molecular complexity index is 640. The van der Waals surface area contributed by atoms with Crippen molar-refractivity contribution >= 4 is 11.9 Å². The molecule has 1 atom stereocenters. The summed E-state index contributed by atoms with van der Waals surface area (Å²) in [6.45, 7) is 5.45. The molecule has 0 aliphatic rings. The van der Waals surface area contributed by atoms with E-state index in [0.717, 1.165) is 38.5 Å². The number of ether oxygens (including phenoxy) is 2. The van der Waals surface area contributed by atoms with E-state index in [0.29, 0.717) is 32.5 Å². The van der Waals surface area contributed by atoms with Crippen LogP contribution in [0, 0.1) is 0 Å². The third-order valence-corrected chi connectivity index (χ3v) is 8.99. The molecular weight excluding hydrogens is 578 g/mol. The first kappa shape index (κ1) is 44.8. The van der Waals surface area contributed by atoms with Gasteiger partial charge in [0.25, 0.3) is 0 Å². The maximum atomic E-state index is 12.6. The van der Waals surface area contributed by atoms with E-state index in [2.05, 4.69) is 13.8 Å². The van der Waals surface area contributed by atoms with Crippen LogP contribution in [0.2, 0.25) is 0 Å². The predicted molar refractivity (Wildman–Crippen MR) is 192 cm³/mol. The summed E-state index contributed by atoms with van der Waals surface area (Å²) in [5, 5.41) is 18.8. The Labute approximate surface area is 285 Å².